The van der Waals surface area contributed by atoms with Gasteiger partial charge in [0.05, 0.1) is 12.5 Å². The van der Waals surface area contributed by atoms with Crippen LogP contribution in [-0.4, -0.2) is 23.9 Å². The van der Waals surface area contributed by atoms with Gasteiger partial charge in [-0.2, -0.15) is 0 Å². The molecular formula is C20H20N2O2. The zero-order chi connectivity index (χ0) is 16.4. The van der Waals surface area contributed by atoms with E-state index >= 15 is 0 Å². The van der Waals surface area contributed by atoms with Gasteiger partial charge in [0.25, 0.3) is 5.91 Å². The van der Waals surface area contributed by atoms with E-state index in [0.29, 0.717) is 6.54 Å². The van der Waals surface area contributed by atoms with Crippen LogP contribution in [0.15, 0.2) is 65.1 Å². The van der Waals surface area contributed by atoms with Crippen LogP contribution in [0.3, 0.4) is 0 Å². The summed E-state index contributed by atoms with van der Waals surface area (Å²) in [5.74, 6) is -0.0373. The molecule has 1 aromatic heterocycles. The lowest BCUT2D eigenvalue weighted by Crippen LogP contribution is -2.26. The average molecular weight is 320 g/mol. The summed E-state index contributed by atoms with van der Waals surface area (Å²) in [5.41, 5.74) is 5.66. The van der Waals surface area contributed by atoms with Gasteiger partial charge in [-0.1, -0.05) is 12.1 Å². The van der Waals surface area contributed by atoms with Crippen molar-refractivity contribution in [3.8, 4) is 0 Å². The van der Waals surface area contributed by atoms with E-state index in [1.807, 2.05) is 12.1 Å². The van der Waals surface area contributed by atoms with Crippen LogP contribution in [0.1, 0.15) is 27.0 Å². The summed E-state index contributed by atoms with van der Waals surface area (Å²) in [7, 11) is 0. The second-order valence-electron chi connectivity index (χ2n) is 6.24. The molecule has 2 aromatic rings. The number of nitrogens with one attached hydrogen (secondary N) is 1. The van der Waals surface area contributed by atoms with Crippen molar-refractivity contribution in [2.24, 2.45) is 0 Å². The molecule has 1 N–H and O–H groups in total. The van der Waals surface area contributed by atoms with Gasteiger partial charge in [-0.05, 0) is 54.3 Å². The van der Waals surface area contributed by atoms with Crippen molar-refractivity contribution < 1.29 is 9.21 Å². The molecule has 0 saturated carbocycles. The molecule has 0 atom stereocenters. The third-order valence-corrected chi connectivity index (χ3v) is 4.70. The third kappa shape index (κ3) is 3.00. The minimum atomic E-state index is -0.0373. The Labute approximate surface area is 141 Å². The predicted octanol–water partition coefficient (Wildman–Crippen LogP) is 3.06. The van der Waals surface area contributed by atoms with E-state index in [1.165, 1.54) is 16.8 Å². The smallest absolute Gasteiger partial charge is 0.251 e. The number of carbonyl (C=O) groups excluding carboxylic acids is 1. The molecule has 1 aromatic carbocycles. The van der Waals surface area contributed by atoms with Crippen molar-refractivity contribution in [2.75, 3.05) is 13.1 Å². The summed E-state index contributed by atoms with van der Waals surface area (Å²) in [6.07, 6.45) is 11.7. The molecule has 0 fully saturated rings. The second kappa shape index (κ2) is 6.40. The maximum absolute atomic E-state index is 12.4. The fourth-order valence-electron chi connectivity index (χ4n) is 3.20. The summed E-state index contributed by atoms with van der Waals surface area (Å²) >= 11 is 0. The predicted molar refractivity (Wildman–Crippen MR) is 92.5 cm³/mol. The highest BCUT2D eigenvalue weighted by molar-refractivity contribution is 5.94. The van der Waals surface area contributed by atoms with E-state index in [1.54, 1.807) is 12.5 Å². The van der Waals surface area contributed by atoms with Gasteiger partial charge in [0, 0.05) is 36.5 Å². The van der Waals surface area contributed by atoms with Crippen LogP contribution >= 0.6 is 0 Å². The Hall–Kier alpha value is -2.75. The summed E-state index contributed by atoms with van der Waals surface area (Å²) in [6, 6.07) is 7.95. The maximum atomic E-state index is 12.4. The van der Waals surface area contributed by atoms with E-state index in [9.17, 15) is 4.79 Å². The second-order valence-corrected chi connectivity index (χ2v) is 6.24. The van der Waals surface area contributed by atoms with Crippen LogP contribution in [0, 0.1) is 0 Å². The summed E-state index contributed by atoms with van der Waals surface area (Å²) in [5, 5.41) is 2.94. The number of nitrogens with zero attached hydrogens (tertiary/aromatic N) is 1. The molecule has 0 bridgehead atoms. The van der Waals surface area contributed by atoms with Crippen molar-refractivity contribution >= 4 is 5.91 Å². The molecule has 0 radical (unpaired) electrons. The van der Waals surface area contributed by atoms with Gasteiger partial charge in [-0.3, -0.25) is 4.79 Å². The first-order valence-corrected chi connectivity index (χ1v) is 8.34. The normalized spacial score (nSPS) is 16.0. The minimum absolute atomic E-state index is 0.0373. The first kappa shape index (κ1) is 14.8. The van der Waals surface area contributed by atoms with Gasteiger partial charge in [-0.15, -0.1) is 0 Å². The third-order valence-electron chi connectivity index (χ3n) is 4.70. The zero-order valence-corrected chi connectivity index (χ0v) is 13.5. The van der Waals surface area contributed by atoms with Crippen molar-refractivity contribution in [1.82, 2.24) is 10.2 Å². The van der Waals surface area contributed by atoms with Crippen molar-refractivity contribution in [3.63, 3.8) is 0 Å². The Morgan fingerprint density at radius 1 is 1.17 bits per heavy atom. The molecule has 1 amide bonds. The molecule has 4 rings (SSSR count). The molecule has 0 spiro atoms. The quantitative estimate of drug-likeness (QED) is 0.942. The van der Waals surface area contributed by atoms with E-state index in [4.69, 9.17) is 4.42 Å². The summed E-state index contributed by atoms with van der Waals surface area (Å²) < 4.78 is 5.02. The lowest BCUT2D eigenvalue weighted by atomic mass is 10.00. The monoisotopic (exact) mass is 320 g/mol. The molecule has 2 heterocycles. The SMILES string of the molecule is O=C(NCc1ccoc1)c1ccc2c(c1)CCN(C1=CC=C1)CC2. The molecule has 1 aliphatic heterocycles. The Morgan fingerprint density at radius 2 is 2.00 bits per heavy atom. The molecule has 0 saturated heterocycles. The molecule has 4 heteroatoms. The molecule has 0 unspecified atom stereocenters. The van der Waals surface area contributed by atoms with Gasteiger partial charge in [0.1, 0.15) is 0 Å². The molecule has 4 nitrogen and oxygen atoms in total. The fourth-order valence-corrected chi connectivity index (χ4v) is 3.20. The Bertz CT molecular complexity index is 803. The highest BCUT2D eigenvalue weighted by atomic mass is 16.3. The standard InChI is InChI=1S/C20H20N2O2/c23-20(21-13-15-8-11-24-14-15)18-5-4-16-6-9-22(19-2-1-3-19)10-7-17(16)12-18/h1-5,8,11-12,14H,6-7,9-10,13H2,(H,21,23). The van der Waals surface area contributed by atoms with Crippen LogP contribution in [0.5, 0.6) is 0 Å². The van der Waals surface area contributed by atoms with Crippen molar-refractivity contribution in [2.45, 2.75) is 19.4 Å². The van der Waals surface area contributed by atoms with Gasteiger partial charge in [-0.25, -0.2) is 0 Å². The highest BCUT2D eigenvalue weighted by Crippen LogP contribution is 2.22. The van der Waals surface area contributed by atoms with E-state index in [-0.39, 0.29) is 5.91 Å². The average Bonchev–Trinajstić information content (AvgIpc) is 2.99. The van der Waals surface area contributed by atoms with Crippen LogP contribution in [0.4, 0.5) is 0 Å². The van der Waals surface area contributed by atoms with Crippen molar-refractivity contribution in [3.05, 3.63) is 83.0 Å². The van der Waals surface area contributed by atoms with Crippen LogP contribution in [0.2, 0.25) is 0 Å². The highest BCUT2D eigenvalue weighted by Gasteiger charge is 2.17. The molecule has 1 aliphatic carbocycles. The Balaban J connectivity index is 1.43. The number of benzene rings is 1. The summed E-state index contributed by atoms with van der Waals surface area (Å²) in [6.45, 7) is 2.53. The van der Waals surface area contributed by atoms with Gasteiger partial charge >= 0.3 is 0 Å². The molecule has 122 valence electrons. The largest absolute Gasteiger partial charge is 0.472 e. The Kier molecular flexibility index (Phi) is 3.95. The topological polar surface area (TPSA) is 45.5 Å². The number of carbonyl (C=O) groups is 1. The minimum Gasteiger partial charge on any atom is -0.472 e. The number of hydrogen-bond acceptors (Lipinski definition) is 3. The summed E-state index contributed by atoms with van der Waals surface area (Å²) in [4.78, 5) is 14.8. The van der Waals surface area contributed by atoms with E-state index in [0.717, 1.165) is 37.1 Å². The molecule has 24 heavy (non-hydrogen) atoms. The van der Waals surface area contributed by atoms with Gasteiger partial charge in [0.2, 0.25) is 0 Å². The Morgan fingerprint density at radius 3 is 2.71 bits per heavy atom. The van der Waals surface area contributed by atoms with Gasteiger partial charge in [0.15, 0.2) is 0 Å². The van der Waals surface area contributed by atoms with Crippen LogP contribution in [0.25, 0.3) is 0 Å². The fraction of sp³-hybridized carbons (Fsp3) is 0.250. The van der Waals surface area contributed by atoms with Crippen molar-refractivity contribution in [1.29, 1.82) is 0 Å². The number of furan rings is 1. The number of amides is 1. The number of rotatable bonds is 4. The van der Waals surface area contributed by atoms with E-state index < -0.39 is 0 Å². The first-order chi connectivity index (χ1) is 11.8. The number of fused-ring (bicyclic) bond motifs is 1. The lowest BCUT2D eigenvalue weighted by Gasteiger charge is -2.26. The van der Waals surface area contributed by atoms with Crippen LogP contribution < -0.4 is 5.32 Å². The molecule has 2 aliphatic rings. The van der Waals surface area contributed by atoms with E-state index in [2.05, 4.69) is 40.6 Å². The van der Waals surface area contributed by atoms with Gasteiger partial charge < -0.3 is 14.6 Å². The maximum Gasteiger partial charge on any atom is 0.251 e. The first-order valence-electron chi connectivity index (χ1n) is 8.34. The van der Waals surface area contributed by atoms with Crippen LogP contribution in [-0.2, 0) is 19.4 Å². The number of allylic oxidation sites excluding steroid dienone is 3. The lowest BCUT2D eigenvalue weighted by molar-refractivity contribution is 0.0951. The zero-order valence-electron chi connectivity index (χ0n) is 13.5. The number of hydrogen-bond donors (Lipinski definition) is 1. The molecular weight excluding hydrogens is 300 g/mol.